The number of nitrogens with zero attached hydrogens (tertiary/aromatic N) is 2. The van der Waals surface area contributed by atoms with E-state index in [9.17, 15) is 63.3 Å². The number of aromatic hydroxyl groups is 2. The summed E-state index contributed by atoms with van der Waals surface area (Å²) in [6, 6.07) is 24.8. The van der Waals surface area contributed by atoms with Crippen molar-refractivity contribution >= 4 is 76.1 Å². The predicted molar refractivity (Wildman–Crippen MR) is 354 cm³/mol. The highest BCUT2D eigenvalue weighted by Gasteiger charge is 2.40. The molecule has 10 amide bonds. The molecule has 1 saturated heterocycles. The summed E-state index contributed by atoms with van der Waals surface area (Å²) < 4.78 is 5.48. The number of likely N-dealkylation sites (tertiary alicyclic amines) is 1. The number of phenolic OH excluding ortho intramolecular Hbond substituents is 2. The van der Waals surface area contributed by atoms with Crippen LogP contribution in [0.5, 0.6) is 11.5 Å². The Bertz CT molecular complexity index is 3660. The summed E-state index contributed by atoms with van der Waals surface area (Å²) in [5, 5.41) is 53.2. The Morgan fingerprint density at radius 1 is 0.573 bits per heavy atom. The standard InChI is InChI=1S/C68H84N14O14/c1-40(2)31-51(59(87)75-50(19-11-29-72-67(70)71)66(94)82-30-12-20-57(82)65(93)74-37-58(69)86)76-60(88)52(33-42-21-25-46(84)26-22-42)77-61(89)53(34-43-23-27-47(85)28-24-43)78-64(92)56(38-83)80-63(91)55(35-45-36-73-49-18-10-9-17-48(45)49)79-62(90)54(32-41-13-5-3-6-14-41)81-68(95)96-39-44-15-7-4-8-16-44/h3-10,13-18,21-28,36,40,50-57,73,83-85H,11-12,19-20,29-35,37-39H2,1-2H3,(H2,69,86)(H,74,93)(H,75,87)(H,76,88)(H,77,89)(H,78,92)(H,79,90)(H,80,91)(H,81,95)(H4,70,71,72)/t50-,51-,52+,53-,54+,55-,56-,57-/m0/s1. The van der Waals surface area contributed by atoms with E-state index in [0.29, 0.717) is 45.1 Å². The molecule has 28 heteroatoms. The quantitative estimate of drug-likeness (QED) is 0.0150. The third kappa shape index (κ3) is 22.3. The Hall–Kier alpha value is -11.0. The average Bonchev–Trinajstić information content (AvgIpc) is 1.70. The summed E-state index contributed by atoms with van der Waals surface area (Å²) in [6.07, 6.45) is 0.811. The van der Waals surface area contributed by atoms with Gasteiger partial charge in [0.05, 0.1) is 13.2 Å². The lowest BCUT2D eigenvalue weighted by molar-refractivity contribution is -0.142. The monoisotopic (exact) mass is 1320 g/mol. The molecule has 1 aliphatic heterocycles. The minimum absolute atomic E-state index is 0.00330. The number of primary amides is 1. The second-order valence-corrected chi connectivity index (χ2v) is 23.8. The largest absolute Gasteiger partial charge is 0.508 e. The van der Waals surface area contributed by atoms with E-state index in [2.05, 4.69) is 52.5 Å². The van der Waals surface area contributed by atoms with Gasteiger partial charge in [-0.1, -0.05) is 117 Å². The number of hydrogen-bond donors (Lipinski definition) is 15. The average molecular weight is 1320 g/mol. The first-order valence-electron chi connectivity index (χ1n) is 31.5. The van der Waals surface area contributed by atoms with Crippen LogP contribution >= 0.6 is 0 Å². The molecule has 510 valence electrons. The number of nitrogens with two attached hydrogens (primary N) is 3. The van der Waals surface area contributed by atoms with Gasteiger partial charge in [-0.25, -0.2) is 4.79 Å². The molecule has 2 heterocycles. The molecule has 0 unspecified atom stereocenters. The number of carbonyl (C=O) groups excluding carboxylic acids is 10. The molecular formula is C68H84N14O14. The van der Waals surface area contributed by atoms with Crippen LogP contribution in [-0.2, 0) is 80.2 Å². The van der Waals surface area contributed by atoms with Crippen LogP contribution in [0.4, 0.5) is 4.79 Å². The molecule has 1 aliphatic rings. The highest BCUT2D eigenvalue weighted by atomic mass is 16.5. The zero-order chi connectivity index (χ0) is 69.3. The van der Waals surface area contributed by atoms with E-state index in [1.165, 1.54) is 53.4 Å². The van der Waals surface area contributed by atoms with Crippen LogP contribution in [0.15, 0.2) is 145 Å². The number of ether oxygens (including phenoxy) is 1. The number of hydrogen-bond acceptors (Lipinski definition) is 15. The summed E-state index contributed by atoms with van der Waals surface area (Å²) in [5.41, 5.74) is 19.8. The number of benzene rings is 5. The third-order valence-electron chi connectivity index (χ3n) is 15.8. The van der Waals surface area contributed by atoms with Crippen LogP contribution in [0, 0.1) is 5.92 Å². The van der Waals surface area contributed by atoms with E-state index in [-0.39, 0.29) is 94.4 Å². The number of amides is 10. The summed E-state index contributed by atoms with van der Waals surface area (Å²) in [4.78, 5) is 149. The number of H-pyrrole nitrogens is 1. The van der Waals surface area contributed by atoms with Gasteiger partial charge in [0.2, 0.25) is 53.2 Å². The number of aromatic nitrogens is 1. The van der Waals surface area contributed by atoms with Crippen molar-refractivity contribution in [1.82, 2.24) is 52.4 Å². The van der Waals surface area contributed by atoms with Crippen LogP contribution in [0.2, 0.25) is 0 Å². The molecule has 28 nitrogen and oxygen atoms in total. The summed E-state index contributed by atoms with van der Waals surface area (Å²) in [7, 11) is 0. The number of rotatable bonds is 34. The van der Waals surface area contributed by atoms with Crippen molar-refractivity contribution in [3.8, 4) is 11.5 Å². The Balaban J connectivity index is 1.14. The van der Waals surface area contributed by atoms with Gasteiger partial charge >= 0.3 is 6.09 Å². The molecule has 5 aromatic carbocycles. The second-order valence-electron chi connectivity index (χ2n) is 23.8. The van der Waals surface area contributed by atoms with Gasteiger partial charge in [0.25, 0.3) is 0 Å². The predicted octanol–water partition coefficient (Wildman–Crippen LogP) is 0.738. The Morgan fingerprint density at radius 3 is 1.58 bits per heavy atom. The van der Waals surface area contributed by atoms with Crippen molar-refractivity contribution in [2.75, 3.05) is 26.2 Å². The van der Waals surface area contributed by atoms with Crippen LogP contribution in [0.1, 0.15) is 73.8 Å². The molecule has 0 bridgehead atoms. The molecule has 0 radical (unpaired) electrons. The second kappa shape index (κ2) is 35.9. The normalized spacial score (nSPS) is 14.8. The number of nitrogens with one attached hydrogen (secondary N) is 9. The van der Waals surface area contributed by atoms with E-state index in [1.54, 1.807) is 98.9 Å². The zero-order valence-corrected chi connectivity index (χ0v) is 53.3. The van der Waals surface area contributed by atoms with Gasteiger partial charge in [0.15, 0.2) is 5.96 Å². The van der Waals surface area contributed by atoms with Gasteiger partial charge in [-0.15, -0.1) is 0 Å². The molecular weight excluding hydrogens is 1240 g/mol. The molecule has 18 N–H and O–H groups in total. The highest BCUT2D eigenvalue weighted by Crippen LogP contribution is 2.23. The fraction of sp³-hybridized carbons (Fsp3) is 0.368. The Morgan fingerprint density at radius 2 is 1.04 bits per heavy atom. The summed E-state index contributed by atoms with van der Waals surface area (Å²) in [5.74, 6) is -8.27. The first-order valence-corrected chi connectivity index (χ1v) is 31.5. The molecule has 8 atom stereocenters. The highest BCUT2D eigenvalue weighted by molar-refractivity contribution is 5.99. The lowest BCUT2D eigenvalue weighted by Gasteiger charge is -2.30. The number of aliphatic imine (C=N–C) groups is 1. The lowest BCUT2D eigenvalue weighted by Crippen LogP contribution is -2.61. The van der Waals surface area contributed by atoms with Crippen LogP contribution in [-0.4, -0.2) is 165 Å². The number of phenols is 2. The first kappa shape index (κ1) is 72.4. The van der Waals surface area contributed by atoms with Gasteiger partial charge in [-0.3, -0.25) is 48.1 Å². The molecule has 6 aromatic rings. The minimum Gasteiger partial charge on any atom is -0.508 e. The van der Waals surface area contributed by atoms with Crippen LogP contribution in [0.25, 0.3) is 10.9 Å². The Labute approximate surface area is 554 Å². The van der Waals surface area contributed by atoms with E-state index >= 15 is 0 Å². The first-order chi connectivity index (χ1) is 46.0. The van der Waals surface area contributed by atoms with Crippen molar-refractivity contribution in [2.45, 2.75) is 127 Å². The SMILES string of the molecule is CC(C)C[C@H](NC(=O)[C@@H](Cc1ccc(O)cc1)NC(=O)[C@H](Cc1ccc(O)cc1)NC(=O)[C@H](CO)NC(=O)[C@H](Cc1c[nH]c2ccccc12)NC(=O)[C@@H](Cc1ccccc1)NC(=O)OCc1ccccc1)C(=O)N[C@@H](CCCN=C(N)N)C(=O)N1CCC[C@H]1C(=O)NCC(N)=O. The van der Waals surface area contributed by atoms with Crippen molar-refractivity contribution in [3.05, 3.63) is 167 Å². The van der Waals surface area contributed by atoms with Crippen molar-refractivity contribution in [1.29, 1.82) is 0 Å². The number of carbonyl (C=O) groups is 10. The number of aliphatic hydroxyl groups excluding tert-OH is 1. The maximum atomic E-state index is 15.0. The van der Waals surface area contributed by atoms with Crippen LogP contribution in [0.3, 0.4) is 0 Å². The smallest absolute Gasteiger partial charge is 0.408 e. The minimum atomic E-state index is -1.80. The molecule has 0 spiro atoms. The molecule has 96 heavy (non-hydrogen) atoms. The zero-order valence-electron chi connectivity index (χ0n) is 53.3. The van der Waals surface area contributed by atoms with Gasteiger partial charge in [-0.05, 0) is 96.2 Å². The molecule has 1 aromatic heterocycles. The number of para-hydroxylation sites is 1. The fourth-order valence-electron chi connectivity index (χ4n) is 10.9. The maximum Gasteiger partial charge on any atom is 0.408 e. The Kier molecular flexibility index (Phi) is 27.0. The topological polar surface area (TPSA) is 446 Å². The van der Waals surface area contributed by atoms with E-state index in [1.807, 2.05) is 6.07 Å². The lowest BCUT2D eigenvalue weighted by atomic mass is 9.99. The van der Waals surface area contributed by atoms with Gasteiger partial charge < -0.3 is 89.7 Å². The van der Waals surface area contributed by atoms with Crippen LogP contribution < -0.4 is 59.7 Å². The molecule has 0 aliphatic carbocycles. The summed E-state index contributed by atoms with van der Waals surface area (Å²) in [6.45, 7) is 2.16. The molecule has 1 fully saturated rings. The van der Waals surface area contributed by atoms with Gasteiger partial charge in [0, 0.05) is 55.9 Å². The summed E-state index contributed by atoms with van der Waals surface area (Å²) >= 11 is 0. The third-order valence-corrected chi connectivity index (χ3v) is 15.8. The number of alkyl carbamates (subject to hydrolysis) is 1. The number of fused-ring (bicyclic) bond motifs is 1. The maximum absolute atomic E-state index is 15.0. The van der Waals surface area contributed by atoms with E-state index in [0.717, 1.165) is 0 Å². The van der Waals surface area contributed by atoms with Crippen molar-refractivity contribution in [2.24, 2.45) is 28.1 Å². The molecule has 0 saturated carbocycles. The van der Waals surface area contributed by atoms with E-state index in [4.69, 9.17) is 21.9 Å². The molecule has 7 rings (SSSR count). The van der Waals surface area contributed by atoms with Gasteiger partial charge in [-0.2, -0.15) is 0 Å². The number of guanidine groups is 1. The fourth-order valence-corrected chi connectivity index (χ4v) is 10.9. The van der Waals surface area contributed by atoms with Gasteiger partial charge in [0.1, 0.15) is 66.4 Å². The van der Waals surface area contributed by atoms with Crippen molar-refractivity contribution in [3.63, 3.8) is 0 Å². The van der Waals surface area contributed by atoms with Crippen molar-refractivity contribution < 1.29 is 68.0 Å². The number of aliphatic hydroxyl groups is 1. The van der Waals surface area contributed by atoms with E-state index < -0.39 is 121 Å². The number of aromatic amines is 1.